The molecule has 0 saturated heterocycles. The van der Waals surface area contributed by atoms with Crippen molar-refractivity contribution in [2.24, 2.45) is 0 Å². The molecule has 4 nitrogen and oxygen atoms in total. The predicted molar refractivity (Wildman–Crippen MR) is 58.5 cm³/mol. The average molecular weight is 231 g/mol. The fraction of sp³-hybridized carbons (Fsp3) is 0.600. The third-order valence-electron chi connectivity index (χ3n) is 1.74. The topological polar surface area (TPSA) is 44.2 Å². The lowest BCUT2D eigenvalue weighted by molar-refractivity contribution is 0.143. The largest absolute Gasteiger partial charge is 0.475 e. The normalized spacial score (nSPS) is 10.7. The van der Waals surface area contributed by atoms with Gasteiger partial charge in [-0.05, 0) is 0 Å². The number of hydrogen-bond acceptors (Lipinski definition) is 4. The molecule has 0 spiro atoms. The Bertz CT molecular complexity index is 318. The zero-order chi connectivity index (χ0) is 11.3. The highest BCUT2D eigenvalue weighted by atomic mass is 35.5. The second-order valence-electron chi connectivity index (χ2n) is 3.38. The van der Waals surface area contributed by atoms with Crippen LogP contribution in [0.1, 0.15) is 25.6 Å². The summed E-state index contributed by atoms with van der Waals surface area (Å²) in [5.74, 6) is 1.42. The van der Waals surface area contributed by atoms with Crippen molar-refractivity contribution >= 4 is 11.6 Å². The Morgan fingerprint density at radius 3 is 2.67 bits per heavy atom. The van der Waals surface area contributed by atoms with Crippen molar-refractivity contribution in [3.8, 4) is 5.88 Å². The zero-order valence-corrected chi connectivity index (χ0v) is 9.91. The summed E-state index contributed by atoms with van der Waals surface area (Å²) >= 11 is 5.84. The van der Waals surface area contributed by atoms with E-state index in [0.717, 1.165) is 0 Å². The third-order valence-corrected chi connectivity index (χ3v) is 1.94. The van der Waals surface area contributed by atoms with Crippen LogP contribution in [0, 0.1) is 0 Å². The molecule has 0 aliphatic carbocycles. The van der Waals surface area contributed by atoms with Crippen LogP contribution in [0.25, 0.3) is 0 Å². The molecular formula is C10H15ClN2O2. The van der Waals surface area contributed by atoms with E-state index in [1.54, 1.807) is 13.2 Å². The molecule has 0 fully saturated rings. The van der Waals surface area contributed by atoms with Gasteiger partial charge in [-0.3, -0.25) is 0 Å². The summed E-state index contributed by atoms with van der Waals surface area (Å²) in [5.41, 5.74) is 0. The van der Waals surface area contributed by atoms with Crippen LogP contribution in [0.3, 0.4) is 0 Å². The Morgan fingerprint density at radius 2 is 2.07 bits per heavy atom. The first-order valence-corrected chi connectivity index (χ1v) is 5.17. The average Bonchev–Trinajstić information content (AvgIpc) is 2.17. The van der Waals surface area contributed by atoms with Crippen molar-refractivity contribution in [1.82, 2.24) is 9.97 Å². The summed E-state index contributed by atoms with van der Waals surface area (Å²) in [6.07, 6.45) is 0. The molecule has 1 aromatic rings. The van der Waals surface area contributed by atoms with Gasteiger partial charge in [-0.15, -0.1) is 0 Å². The maximum atomic E-state index is 5.84. The second-order valence-corrected chi connectivity index (χ2v) is 3.77. The summed E-state index contributed by atoms with van der Waals surface area (Å²) in [6.45, 7) is 5.00. The van der Waals surface area contributed by atoms with E-state index in [1.165, 1.54) is 0 Å². The SMILES string of the molecule is COCCOc1cc(Cl)nc(C(C)C)n1. The van der Waals surface area contributed by atoms with Gasteiger partial charge in [0.1, 0.15) is 17.6 Å². The van der Waals surface area contributed by atoms with Gasteiger partial charge in [-0.2, -0.15) is 4.98 Å². The Kier molecular flexibility index (Phi) is 4.78. The quantitative estimate of drug-likeness (QED) is 0.575. The molecular weight excluding hydrogens is 216 g/mol. The number of methoxy groups -OCH3 is 1. The minimum atomic E-state index is 0.230. The van der Waals surface area contributed by atoms with Crippen molar-refractivity contribution in [2.45, 2.75) is 19.8 Å². The van der Waals surface area contributed by atoms with Gasteiger partial charge in [-0.25, -0.2) is 4.98 Å². The minimum Gasteiger partial charge on any atom is -0.475 e. The summed E-state index contributed by atoms with van der Waals surface area (Å²) < 4.78 is 10.2. The number of hydrogen-bond donors (Lipinski definition) is 0. The molecule has 0 unspecified atom stereocenters. The van der Waals surface area contributed by atoms with E-state index in [9.17, 15) is 0 Å². The van der Waals surface area contributed by atoms with Crippen LogP contribution < -0.4 is 4.74 Å². The molecule has 1 rings (SSSR count). The monoisotopic (exact) mass is 230 g/mol. The summed E-state index contributed by atoms with van der Waals surface area (Å²) in [6, 6.07) is 1.60. The zero-order valence-electron chi connectivity index (χ0n) is 9.16. The molecule has 5 heteroatoms. The van der Waals surface area contributed by atoms with Crippen molar-refractivity contribution in [3.05, 3.63) is 17.0 Å². The minimum absolute atomic E-state index is 0.230. The van der Waals surface area contributed by atoms with E-state index >= 15 is 0 Å². The second kappa shape index (κ2) is 5.88. The van der Waals surface area contributed by atoms with Crippen molar-refractivity contribution in [3.63, 3.8) is 0 Å². The molecule has 1 aromatic heterocycles. The van der Waals surface area contributed by atoms with Gasteiger partial charge in [0.05, 0.1) is 6.61 Å². The van der Waals surface area contributed by atoms with E-state index in [1.807, 2.05) is 13.8 Å². The molecule has 0 amide bonds. The summed E-state index contributed by atoms with van der Waals surface area (Å²) in [5, 5.41) is 0.404. The van der Waals surface area contributed by atoms with Gasteiger partial charge >= 0.3 is 0 Å². The molecule has 0 aromatic carbocycles. The first-order valence-electron chi connectivity index (χ1n) is 4.79. The Hall–Kier alpha value is -0.870. The lowest BCUT2D eigenvalue weighted by atomic mass is 10.2. The molecule has 0 bridgehead atoms. The highest BCUT2D eigenvalue weighted by Gasteiger charge is 2.07. The molecule has 0 atom stereocenters. The van der Waals surface area contributed by atoms with Gasteiger partial charge < -0.3 is 9.47 Å². The van der Waals surface area contributed by atoms with Crippen molar-refractivity contribution in [2.75, 3.05) is 20.3 Å². The fourth-order valence-corrected chi connectivity index (χ4v) is 1.16. The number of ether oxygens (including phenoxy) is 2. The number of rotatable bonds is 5. The lowest BCUT2D eigenvalue weighted by Crippen LogP contribution is -2.07. The van der Waals surface area contributed by atoms with Gasteiger partial charge in [0, 0.05) is 19.1 Å². The Balaban J connectivity index is 2.71. The smallest absolute Gasteiger partial charge is 0.218 e. The number of nitrogens with zero attached hydrogens (tertiary/aromatic N) is 2. The van der Waals surface area contributed by atoms with E-state index in [4.69, 9.17) is 21.1 Å². The lowest BCUT2D eigenvalue weighted by Gasteiger charge is -2.08. The highest BCUT2D eigenvalue weighted by Crippen LogP contribution is 2.18. The maximum Gasteiger partial charge on any atom is 0.218 e. The first kappa shape index (κ1) is 12.2. The van der Waals surface area contributed by atoms with Crippen LogP contribution in [0.15, 0.2) is 6.07 Å². The van der Waals surface area contributed by atoms with E-state index in [2.05, 4.69) is 9.97 Å². The third kappa shape index (κ3) is 4.01. The molecule has 15 heavy (non-hydrogen) atoms. The van der Waals surface area contributed by atoms with Crippen LogP contribution in [0.2, 0.25) is 5.15 Å². The molecule has 0 aliphatic rings. The van der Waals surface area contributed by atoms with E-state index in [0.29, 0.717) is 30.1 Å². The van der Waals surface area contributed by atoms with Crippen LogP contribution in [0.4, 0.5) is 0 Å². The van der Waals surface area contributed by atoms with E-state index in [-0.39, 0.29) is 5.92 Å². The van der Waals surface area contributed by atoms with Gasteiger partial charge in [0.2, 0.25) is 5.88 Å². The molecule has 0 N–H and O–H groups in total. The Morgan fingerprint density at radius 1 is 1.33 bits per heavy atom. The van der Waals surface area contributed by atoms with Crippen LogP contribution in [-0.2, 0) is 4.74 Å². The molecule has 0 radical (unpaired) electrons. The van der Waals surface area contributed by atoms with Crippen LogP contribution >= 0.6 is 11.6 Å². The standard InChI is InChI=1S/C10H15ClN2O2/c1-7(2)10-12-8(11)6-9(13-10)15-5-4-14-3/h6-7H,4-5H2,1-3H3. The summed E-state index contributed by atoms with van der Waals surface area (Å²) in [7, 11) is 1.62. The summed E-state index contributed by atoms with van der Waals surface area (Å²) in [4.78, 5) is 8.34. The predicted octanol–water partition coefficient (Wildman–Crippen LogP) is 2.28. The molecule has 0 saturated carbocycles. The molecule has 1 heterocycles. The van der Waals surface area contributed by atoms with Crippen LogP contribution in [-0.4, -0.2) is 30.3 Å². The van der Waals surface area contributed by atoms with Gasteiger partial charge in [0.15, 0.2) is 0 Å². The molecule has 0 aliphatic heterocycles. The Labute approximate surface area is 94.6 Å². The van der Waals surface area contributed by atoms with Crippen molar-refractivity contribution < 1.29 is 9.47 Å². The fourth-order valence-electron chi connectivity index (χ4n) is 0.975. The highest BCUT2D eigenvalue weighted by molar-refractivity contribution is 6.29. The number of aromatic nitrogens is 2. The first-order chi connectivity index (χ1) is 7.13. The van der Waals surface area contributed by atoms with E-state index < -0.39 is 0 Å². The number of halogens is 1. The van der Waals surface area contributed by atoms with Crippen molar-refractivity contribution in [1.29, 1.82) is 0 Å². The van der Waals surface area contributed by atoms with Crippen LogP contribution in [0.5, 0.6) is 5.88 Å². The maximum absolute atomic E-state index is 5.84. The van der Waals surface area contributed by atoms with Gasteiger partial charge in [0.25, 0.3) is 0 Å². The molecule has 84 valence electrons. The van der Waals surface area contributed by atoms with Gasteiger partial charge in [-0.1, -0.05) is 25.4 Å².